The lowest BCUT2D eigenvalue weighted by molar-refractivity contribution is -0.152. The van der Waals surface area contributed by atoms with Gasteiger partial charge in [0.1, 0.15) is 18.4 Å². The largest absolute Gasteiger partial charge is 0.493 e. The zero-order chi connectivity index (χ0) is 27.3. The second kappa shape index (κ2) is 11.4. The second-order valence-corrected chi connectivity index (χ2v) is 9.19. The summed E-state index contributed by atoms with van der Waals surface area (Å²) in [4.78, 5) is 48.7. The molecule has 1 aromatic heterocycles. The van der Waals surface area contributed by atoms with Crippen LogP contribution in [0.4, 0.5) is 4.39 Å². The molecule has 10 heteroatoms. The normalized spacial score (nSPS) is 17.4. The Kier molecular flexibility index (Phi) is 7.99. The summed E-state index contributed by atoms with van der Waals surface area (Å²) in [6.45, 7) is 2.18. The van der Waals surface area contributed by atoms with E-state index in [0.29, 0.717) is 17.2 Å². The van der Waals surface area contributed by atoms with Gasteiger partial charge < -0.3 is 19.6 Å². The molecule has 0 spiro atoms. The van der Waals surface area contributed by atoms with Gasteiger partial charge in [-0.2, -0.15) is 0 Å². The van der Waals surface area contributed by atoms with Crippen molar-refractivity contribution in [2.75, 3.05) is 13.8 Å². The zero-order valence-corrected chi connectivity index (χ0v) is 21.3. The van der Waals surface area contributed by atoms with Gasteiger partial charge in [0.05, 0.1) is 19.2 Å². The van der Waals surface area contributed by atoms with E-state index in [4.69, 9.17) is 14.3 Å². The number of amides is 1. The Hall–Kier alpha value is -4.34. The number of nitrogens with zero attached hydrogens (tertiary/aromatic N) is 2. The number of methoxy groups -OCH3 is 1. The summed E-state index contributed by atoms with van der Waals surface area (Å²) >= 11 is 0. The van der Waals surface area contributed by atoms with E-state index in [1.807, 2.05) is 30.3 Å². The number of ether oxygens (including phenoxy) is 2. The van der Waals surface area contributed by atoms with E-state index in [9.17, 15) is 18.8 Å². The molecule has 0 aliphatic carbocycles. The van der Waals surface area contributed by atoms with Crippen LogP contribution < -0.4 is 14.8 Å². The maximum Gasteiger partial charge on any atom is 0.313 e. The number of benzene rings is 2. The third-order valence-corrected chi connectivity index (χ3v) is 6.50. The molecule has 2 heterocycles. The Morgan fingerprint density at radius 2 is 1.79 bits per heavy atom. The first-order valence-corrected chi connectivity index (χ1v) is 12.1. The number of carbonyl (C=O) groups excluding carboxylic acids is 3. The van der Waals surface area contributed by atoms with Gasteiger partial charge in [-0.05, 0) is 23.6 Å². The van der Waals surface area contributed by atoms with Gasteiger partial charge in [-0.15, -0.1) is 0 Å². The molecule has 9 nitrogen and oxygen atoms in total. The summed E-state index contributed by atoms with van der Waals surface area (Å²) in [7, 11) is 1.42. The molecule has 1 aliphatic heterocycles. The van der Waals surface area contributed by atoms with Crippen LogP contribution >= 0.6 is 0 Å². The molecule has 198 valence electrons. The topological polar surface area (TPSA) is 116 Å². The van der Waals surface area contributed by atoms with Crippen LogP contribution in [0.15, 0.2) is 65.9 Å². The highest BCUT2D eigenvalue weighted by molar-refractivity contribution is 6.12. The van der Waals surface area contributed by atoms with Gasteiger partial charge in [-0.1, -0.05) is 55.4 Å². The highest BCUT2D eigenvalue weighted by Crippen LogP contribution is 2.35. The van der Waals surface area contributed by atoms with Gasteiger partial charge in [-0.25, -0.2) is 4.39 Å². The number of hydrogen-bond donors (Lipinski definition) is 1. The van der Waals surface area contributed by atoms with Crippen LogP contribution in [0.5, 0.6) is 11.5 Å². The number of nitrogens with one attached hydrogen (secondary N) is 1. The molecule has 0 saturated carbocycles. The van der Waals surface area contributed by atoms with E-state index < -0.39 is 42.4 Å². The first-order chi connectivity index (χ1) is 18.3. The standard InChI is InChI=1S/C28H28FN3O6/c1-17(2)28(15-21(32-38-28)26-19-9-5-4-8-18(19)12-13-30-26)27(35)31-20(22(33)16-29)14-25(34)37-24-11-7-6-10-23(24)36-3/h4-13,17,20H,14-16H2,1-3H3,(H,31,35)/t20-,28+/m0/s1. The smallest absolute Gasteiger partial charge is 0.313 e. The van der Waals surface area contributed by atoms with Crippen molar-refractivity contribution in [3.63, 3.8) is 0 Å². The number of aromatic nitrogens is 1. The molecular formula is C28H28FN3O6. The SMILES string of the molecule is COc1ccccc1OC(=O)C[C@H](NC(=O)[C@]1(C(C)C)CC(c2nccc3ccccc23)=NO1)C(=O)CF. The molecule has 0 unspecified atom stereocenters. The zero-order valence-electron chi connectivity index (χ0n) is 21.3. The maximum absolute atomic E-state index is 13.5. The average Bonchev–Trinajstić information content (AvgIpc) is 3.39. The number of Topliss-reactive ketones (excluding diaryl/α,β-unsaturated/α-hetero) is 1. The number of carbonyl (C=O) groups is 3. The predicted octanol–water partition coefficient (Wildman–Crippen LogP) is 3.78. The first kappa shape index (κ1) is 26.7. The van der Waals surface area contributed by atoms with Crippen molar-refractivity contribution < 1.29 is 33.1 Å². The third kappa shape index (κ3) is 5.34. The molecule has 38 heavy (non-hydrogen) atoms. The summed E-state index contributed by atoms with van der Waals surface area (Å²) in [6.07, 6.45) is 1.14. The minimum absolute atomic E-state index is 0.0692. The third-order valence-electron chi connectivity index (χ3n) is 6.50. The molecule has 2 atom stereocenters. The van der Waals surface area contributed by atoms with Crippen molar-refractivity contribution in [3.05, 3.63) is 66.5 Å². The summed E-state index contributed by atoms with van der Waals surface area (Å²) in [6, 6.07) is 14.5. The van der Waals surface area contributed by atoms with E-state index in [-0.39, 0.29) is 18.1 Å². The van der Waals surface area contributed by atoms with Crippen molar-refractivity contribution in [2.45, 2.75) is 38.3 Å². The molecule has 3 aromatic rings. The number of rotatable bonds is 10. The second-order valence-electron chi connectivity index (χ2n) is 9.19. The lowest BCUT2D eigenvalue weighted by atomic mass is 9.83. The Labute approximate surface area is 219 Å². The Morgan fingerprint density at radius 1 is 1.08 bits per heavy atom. The van der Waals surface area contributed by atoms with Crippen LogP contribution in [0, 0.1) is 5.92 Å². The van der Waals surface area contributed by atoms with Gasteiger partial charge in [-0.3, -0.25) is 19.4 Å². The fourth-order valence-corrected chi connectivity index (χ4v) is 4.27. The van der Waals surface area contributed by atoms with Crippen molar-refractivity contribution in [1.82, 2.24) is 10.3 Å². The van der Waals surface area contributed by atoms with Crippen LogP contribution in [0.1, 0.15) is 32.4 Å². The fraction of sp³-hybridized carbons (Fsp3) is 0.321. The van der Waals surface area contributed by atoms with Crippen molar-refractivity contribution in [3.8, 4) is 11.5 Å². The number of oxime groups is 1. The van der Waals surface area contributed by atoms with Crippen LogP contribution in [0.2, 0.25) is 0 Å². The number of ketones is 1. The van der Waals surface area contributed by atoms with E-state index in [1.54, 1.807) is 38.2 Å². The fourth-order valence-electron chi connectivity index (χ4n) is 4.27. The van der Waals surface area contributed by atoms with Crippen molar-refractivity contribution >= 4 is 34.1 Å². The highest BCUT2D eigenvalue weighted by atomic mass is 19.1. The predicted molar refractivity (Wildman–Crippen MR) is 138 cm³/mol. The number of fused-ring (bicyclic) bond motifs is 1. The minimum Gasteiger partial charge on any atom is -0.493 e. The highest BCUT2D eigenvalue weighted by Gasteiger charge is 2.51. The molecule has 4 rings (SSSR count). The molecule has 0 fully saturated rings. The summed E-state index contributed by atoms with van der Waals surface area (Å²) < 4.78 is 23.9. The minimum atomic E-state index is -1.49. The van der Waals surface area contributed by atoms with Gasteiger partial charge >= 0.3 is 5.97 Å². The average molecular weight is 522 g/mol. The number of hydrogen-bond acceptors (Lipinski definition) is 8. The van der Waals surface area contributed by atoms with Gasteiger partial charge in [0, 0.05) is 23.9 Å². The van der Waals surface area contributed by atoms with E-state index >= 15 is 0 Å². The number of para-hydroxylation sites is 2. The summed E-state index contributed by atoms with van der Waals surface area (Å²) in [5.41, 5.74) is -0.445. The van der Waals surface area contributed by atoms with Gasteiger partial charge in [0.15, 0.2) is 17.3 Å². The number of pyridine rings is 1. The molecule has 0 saturated heterocycles. The van der Waals surface area contributed by atoms with Gasteiger partial charge in [0.25, 0.3) is 5.91 Å². The van der Waals surface area contributed by atoms with E-state index in [1.165, 1.54) is 13.2 Å². The maximum atomic E-state index is 13.5. The summed E-state index contributed by atoms with van der Waals surface area (Å²) in [5, 5.41) is 8.50. The summed E-state index contributed by atoms with van der Waals surface area (Å²) in [5.74, 6) is -2.45. The monoisotopic (exact) mass is 521 g/mol. The van der Waals surface area contributed by atoms with Crippen molar-refractivity contribution in [1.29, 1.82) is 0 Å². The van der Waals surface area contributed by atoms with E-state index in [2.05, 4.69) is 15.5 Å². The lowest BCUT2D eigenvalue weighted by Gasteiger charge is -2.30. The van der Waals surface area contributed by atoms with E-state index in [0.717, 1.165) is 10.8 Å². The molecule has 0 bridgehead atoms. The van der Waals surface area contributed by atoms with Crippen LogP contribution in [-0.2, 0) is 19.2 Å². The molecular weight excluding hydrogens is 493 g/mol. The number of halogens is 1. The molecule has 1 aliphatic rings. The first-order valence-electron chi connectivity index (χ1n) is 12.1. The van der Waals surface area contributed by atoms with Crippen LogP contribution in [-0.4, -0.2) is 53.8 Å². The number of esters is 1. The Balaban J connectivity index is 1.52. The molecule has 2 aromatic carbocycles. The van der Waals surface area contributed by atoms with Crippen molar-refractivity contribution in [2.24, 2.45) is 11.1 Å². The molecule has 0 radical (unpaired) electrons. The molecule has 1 N–H and O–H groups in total. The Morgan fingerprint density at radius 3 is 2.50 bits per heavy atom. The lowest BCUT2D eigenvalue weighted by Crippen LogP contribution is -2.56. The Bertz CT molecular complexity index is 1390. The quantitative estimate of drug-likeness (QED) is 0.319. The van der Waals surface area contributed by atoms with Gasteiger partial charge in [0.2, 0.25) is 5.60 Å². The number of alkyl halides is 1. The molecule has 1 amide bonds. The van der Waals surface area contributed by atoms with Crippen LogP contribution in [0.25, 0.3) is 10.8 Å². The van der Waals surface area contributed by atoms with Crippen LogP contribution in [0.3, 0.4) is 0 Å².